The molecule has 2 aliphatic heterocycles. The minimum Gasteiger partial charge on any atom is -0.469 e. The Morgan fingerprint density at radius 2 is 2.08 bits per heavy atom. The number of hydrogen-bond acceptors (Lipinski definition) is 5. The largest absolute Gasteiger partial charge is 0.469 e. The normalized spacial score (nSPS) is 23.5. The molecule has 2 rings (SSSR count). The SMILES string of the molecule is CCNC(=NCC(C)C(=O)OC)N1CCC(N2CCOCC2)C1.I. The zero-order valence-corrected chi connectivity index (χ0v) is 17.3. The maximum absolute atomic E-state index is 11.5. The molecule has 2 atom stereocenters. The van der Waals surface area contributed by atoms with Gasteiger partial charge >= 0.3 is 5.97 Å². The fourth-order valence-corrected chi connectivity index (χ4v) is 3.10. The number of esters is 1. The smallest absolute Gasteiger partial charge is 0.310 e. The van der Waals surface area contributed by atoms with Crippen molar-refractivity contribution in [1.82, 2.24) is 15.1 Å². The van der Waals surface area contributed by atoms with Crippen molar-refractivity contribution in [3.05, 3.63) is 0 Å². The number of likely N-dealkylation sites (tertiary alicyclic amines) is 1. The second-order valence-electron chi connectivity index (χ2n) is 6.16. The number of nitrogens with one attached hydrogen (secondary N) is 1. The number of morpholine rings is 1. The van der Waals surface area contributed by atoms with Crippen LogP contribution in [0.25, 0.3) is 0 Å². The summed E-state index contributed by atoms with van der Waals surface area (Å²) in [7, 11) is 1.42. The van der Waals surface area contributed by atoms with E-state index in [9.17, 15) is 4.79 Å². The van der Waals surface area contributed by atoms with Gasteiger partial charge in [-0.05, 0) is 13.3 Å². The van der Waals surface area contributed by atoms with E-state index in [4.69, 9.17) is 9.47 Å². The minimum absolute atomic E-state index is 0. The van der Waals surface area contributed by atoms with Crippen LogP contribution < -0.4 is 5.32 Å². The molecule has 0 aromatic rings. The molecule has 24 heavy (non-hydrogen) atoms. The van der Waals surface area contributed by atoms with E-state index >= 15 is 0 Å². The lowest BCUT2D eigenvalue weighted by Gasteiger charge is -2.32. The standard InChI is InChI=1S/C16H30N4O3.HI/c1-4-17-16(18-11-13(2)15(21)22-3)20-6-5-14(12-20)19-7-9-23-10-8-19;/h13-14H,4-12H2,1-3H3,(H,17,18);1H. The Bertz CT molecular complexity index is 416. The molecule has 0 aromatic heterocycles. The van der Waals surface area contributed by atoms with Crippen LogP contribution in [0.5, 0.6) is 0 Å². The number of hydrogen-bond donors (Lipinski definition) is 1. The first kappa shape index (κ1) is 21.4. The van der Waals surface area contributed by atoms with Crippen LogP contribution in [0.3, 0.4) is 0 Å². The van der Waals surface area contributed by atoms with Gasteiger partial charge in [-0.15, -0.1) is 24.0 Å². The molecule has 0 amide bonds. The molecule has 2 aliphatic rings. The summed E-state index contributed by atoms with van der Waals surface area (Å²) in [6.07, 6.45) is 1.15. The number of aliphatic imine (C=N–C) groups is 1. The average Bonchev–Trinajstić information content (AvgIpc) is 3.08. The molecule has 0 radical (unpaired) electrons. The monoisotopic (exact) mass is 454 g/mol. The molecular formula is C16H31IN4O3. The number of carbonyl (C=O) groups is 1. The molecule has 2 unspecified atom stereocenters. The third-order valence-electron chi connectivity index (χ3n) is 4.48. The van der Waals surface area contributed by atoms with Crippen LogP contribution in [-0.2, 0) is 14.3 Å². The third-order valence-corrected chi connectivity index (χ3v) is 4.48. The van der Waals surface area contributed by atoms with E-state index in [2.05, 4.69) is 27.0 Å². The van der Waals surface area contributed by atoms with Crippen LogP contribution >= 0.6 is 24.0 Å². The summed E-state index contributed by atoms with van der Waals surface area (Å²) in [6, 6.07) is 0.570. The Kier molecular flexibility index (Phi) is 9.91. The summed E-state index contributed by atoms with van der Waals surface area (Å²) >= 11 is 0. The van der Waals surface area contributed by atoms with E-state index in [0.29, 0.717) is 12.6 Å². The molecule has 0 saturated carbocycles. The highest BCUT2D eigenvalue weighted by Gasteiger charge is 2.30. The van der Waals surface area contributed by atoms with Crippen LogP contribution in [0.2, 0.25) is 0 Å². The van der Waals surface area contributed by atoms with E-state index in [1.807, 2.05) is 6.92 Å². The molecule has 2 fully saturated rings. The second-order valence-corrected chi connectivity index (χ2v) is 6.16. The number of guanidine groups is 1. The topological polar surface area (TPSA) is 66.4 Å². The molecule has 0 aromatic carbocycles. The van der Waals surface area contributed by atoms with Crippen molar-refractivity contribution in [3.8, 4) is 0 Å². The molecule has 0 aliphatic carbocycles. The third kappa shape index (κ3) is 6.03. The van der Waals surface area contributed by atoms with E-state index in [1.54, 1.807) is 0 Å². The quantitative estimate of drug-likeness (QED) is 0.287. The Labute approximate surface area is 162 Å². The molecule has 7 nitrogen and oxygen atoms in total. The molecule has 1 N–H and O–H groups in total. The van der Waals surface area contributed by atoms with Crippen molar-refractivity contribution in [2.24, 2.45) is 10.9 Å². The highest BCUT2D eigenvalue weighted by atomic mass is 127. The van der Waals surface area contributed by atoms with E-state index in [0.717, 1.165) is 58.3 Å². The summed E-state index contributed by atoms with van der Waals surface area (Å²) in [5, 5.41) is 3.34. The Balaban J connectivity index is 0.00000288. The summed E-state index contributed by atoms with van der Waals surface area (Å²) in [4.78, 5) is 21.0. The van der Waals surface area contributed by atoms with Crippen molar-refractivity contribution < 1.29 is 14.3 Å². The van der Waals surface area contributed by atoms with Gasteiger partial charge in [0, 0.05) is 38.8 Å². The summed E-state index contributed by atoms with van der Waals surface area (Å²) in [6.45, 7) is 10.9. The average molecular weight is 454 g/mol. The van der Waals surface area contributed by atoms with Gasteiger partial charge in [0.15, 0.2) is 5.96 Å². The highest BCUT2D eigenvalue weighted by Crippen LogP contribution is 2.17. The van der Waals surface area contributed by atoms with Crippen LogP contribution in [0.4, 0.5) is 0 Å². The first-order chi connectivity index (χ1) is 11.2. The first-order valence-corrected chi connectivity index (χ1v) is 8.58. The van der Waals surface area contributed by atoms with Gasteiger partial charge in [0.2, 0.25) is 0 Å². The highest BCUT2D eigenvalue weighted by molar-refractivity contribution is 14.0. The molecule has 2 heterocycles. The number of carbonyl (C=O) groups excluding carboxylic acids is 1. The molecule has 8 heteroatoms. The lowest BCUT2D eigenvalue weighted by molar-refractivity contribution is -0.144. The Morgan fingerprint density at radius 1 is 1.38 bits per heavy atom. The van der Waals surface area contributed by atoms with Gasteiger partial charge in [-0.3, -0.25) is 14.7 Å². The molecule has 0 bridgehead atoms. The van der Waals surface area contributed by atoms with Gasteiger partial charge in [0.25, 0.3) is 0 Å². The zero-order valence-electron chi connectivity index (χ0n) is 15.0. The number of halogens is 1. The minimum atomic E-state index is -0.216. The van der Waals surface area contributed by atoms with E-state index in [-0.39, 0.29) is 35.9 Å². The van der Waals surface area contributed by atoms with Crippen LogP contribution in [-0.4, -0.2) is 87.4 Å². The molecular weight excluding hydrogens is 423 g/mol. The van der Waals surface area contributed by atoms with Crippen LogP contribution in [0.1, 0.15) is 20.3 Å². The number of methoxy groups -OCH3 is 1. The van der Waals surface area contributed by atoms with Crippen molar-refractivity contribution in [2.75, 3.05) is 59.6 Å². The summed E-state index contributed by atoms with van der Waals surface area (Å²) in [5.41, 5.74) is 0. The number of ether oxygens (including phenoxy) is 2. The summed E-state index contributed by atoms with van der Waals surface area (Å²) < 4.78 is 10.2. The first-order valence-electron chi connectivity index (χ1n) is 8.58. The maximum atomic E-state index is 11.5. The van der Waals surface area contributed by atoms with Crippen LogP contribution in [0.15, 0.2) is 4.99 Å². The van der Waals surface area contributed by atoms with E-state index < -0.39 is 0 Å². The number of nitrogens with zero attached hydrogens (tertiary/aromatic N) is 3. The zero-order chi connectivity index (χ0) is 16.7. The lowest BCUT2D eigenvalue weighted by Crippen LogP contribution is -2.46. The Hall–Kier alpha value is -0.610. The van der Waals surface area contributed by atoms with Gasteiger partial charge in [0.05, 0.1) is 32.8 Å². The van der Waals surface area contributed by atoms with Crippen molar-refractivity contribution in [1.29, 1.82) is 0 Å². The fraction of sp³-hybridized carbons (Fsp3) is 0.875. The molecule has 0 spiro atoms. The van der Waals surface area contributed by atoms with Crippen molar-refractivity contribution in [3.63, 3.8) is 0 Å². The van der Waals surface area contributed by atoms with Gasteiger partial charge in [-0.1, -0.05) is 6.92 Å². The predicted octanol–water partition coefficient (Wildman–Crippen LogP) is 0.786. The lowest BCUT2D eigenvalue weighted by atomic mass is 10.2. The maximum Gasteiger partial charge on any atom is 0.310 e. The van der Waals surface area contributed by atoms with Crippen LogP contribution in [0, 0.1) is 5.92 Å². The molecule has 140 valence electrons. The molecule has 2 saturated heterocycles. The summed E-state index contributed by atoms with van der Waals surface area (Å²) in [5.74, 6) is 0.475. The predicted molar refractivity (Wildman–Crippen MR) is 105 cm³/mol. The number of rotatable bonds is 5. The van der Waals surface area contributed by atoms with Gasteiger partial charge in [-0.2, -0.15) is 0 Å². The van der Waals surface area contributed by atoms with Gasteiger partial charge < -0.3 is 19.7 Å². The van der Waals surface area contributed by atoms with Crippen molar-refractivity contribution >= 4 is 35.9 Å². The fourth-order valence-electron chi connectivity index (χ4n) is 3.10. The van der Waals surface area contributed by atoms with Gasteiger partial charge in [-0.25, -0.2) is 0 Å². The second kappa shape index (κ2) is 11.1. The van der Waals surface area contributed by atoms with Crippen molar-refractivity contribution in [2.45, 2.75) is 26.3 Å². The Morgan fingerprint density at radius 3 is 2.71 bits per heavy atom. The van der Waals surface area contributed by atoms with E-state index in [1.165, 1.54) is 7.11 Å². The van der Waals surface area contributed by atoms with Gasteiger partial charge in [0.1, 0.15) is 0 Å².